The Morgan fingerprint density at radius 1 is 1.16 bits per heavy atom. The summed E-state index contributed by atoms with van der Waals surface area (Å²) in [6.07, 6.45) is 4.73. The van der Waals surface area contributed by atoms with Crippen LogP contribution in [0.2, 0.25) is 0 Å². The van der Waals surface area contributed by atoms with Crippen molar-refractivity contribution in [2.45, 2.75) is 69.7 Å². The normalized spacial score (nSPS) is 36.8. The number of ether oxygens (including phenoxy) is 4. The summed E-state index contributed by atoms with van der Waals surface area (Å²) in [6.45, 7) is 6.99. The van der Waals surface area contributed by atoms with E-state index in [0.717, 1.165) is 32.1 Å². The van der Waals surface area contributed by atoms with Crippen molar-refractivity contribution in [3.05, 3.63) is 12.2 Å². The van der Waals surface area contributed by atoms with Crippen LogP contribution in [0.1, 0.15) is 52.4 Å². The van der Waals surface area contributed by atoms with Crippen molar-refractivity contribution in [2.75, 3.05) is 13.9 Å². The highest BCUT2D eigenvalue weighted by Gasteiger charge is 2.61. The van der Waals surface area contributed by atoms with Gasteiger partial charge in [0.2, 0.25) is 0 Å². The van der Waals surface area contributed by atoms with Crippen LogP contribution in [0.4, 0.5) is 0 Å². The topological polar surface area (TPSA) is 71.1 Å². The van der Waals surface area contributed by atoms with Crippen molar-refractivity contribution in [3.63, 3.8) is 0 Å². The Labute approximate surface area is 148 Å². The fourth-order valence-electron chi connectivity index (χ4n) is 5.29. The van der Waals surface area contributed by atoms with E-state index in [4.69, 9.17) is 18.9 Å². The highest BCUT2D eigenvalue weighted by Crippen LogP contribution is 2.60. The minimum absolute atomic E-state index is 0.0784. The summed E-state index contributed by atoms with van der Waals surface area (Å²) < 4.78 is 21.9. The molecule has 4 fully saturated rings. The SMILES string of the molecule is C=C(C)C(=O)OC12CC3CC(C1)CC(OC(C)C(=O)OCOC)(C3)C2. The molecule has 140 valence electrons. The molecule has 4 bridgehead atoms. The fourth-order valence-corrected chi connectivity index (χ4v) is 5.29. The molecule has 0 aliphatic heterocycles. The molecule has 0 saturated heterocycles. The van der Waals surface area contributed by atoms with Crippen LogP contribution >= 0.6 is 0 Å². The van der Waals surface area contributed by atoms with E-state index >= 15 is 0 Å². The van der Waals surface area contributed by atoms with Gasteiger partial charge in [-0.3, -0.25) is 0 Å². The number of carbonyl (C=O) groups excluding carboxylic acids is 2. The summed E-state index contributed by atoms with van der Waals surface area (Å²) >= 11 is 0. The van der Waals surface area contributed by atoms with Crippen LogP contribution in [-0.2, 0) is 28.5 Å². The molecule has 0 aromatic heterocycles. The molecule has 4 saturated carbocycles. The Bertz CT molecular complexity index is 554. The van der Waals surface area contributed by atoms with E-state index in [-0.39, 0.29) is 12.8 Å². The van der Waals surface area contributed by atoms with Crippen molar-refractivity contribution in [1.29, 1.82) is 0 Å². The number of hydrogen-bond acceptors (Lipinski definition) is 6. The zero-order valence-electron chi connectivity index (χ0n) is 15.3. The second-order valence-corrected chi connectivity index (χ2v) is 8.13. The van der Waals surface area contributed by atoms with Crippen LogP contribution in [0, 0.1) is 11.8 Å². The minimum Gasteiger partial charge on any atom is -0.456 e. The molecule has 6 nitrogen and oxygen atoms in total. The van der Waals surface area contributed by atoms with E-state index < -0.39 is 23.3 Å². The summed E-state index contributed by atoms with van der Waals surface area (Å²) in [5.74, 6) is 0.193. The molecule has 6 heteroatoms. The largest absolute Gasteiger partial charge is 0.456 e. The average Bonchev–Trinajstić information content (AvgIpc) is 2.50. The molecule has 4 rings (SSSR count). The van der Waals surface area contributed by atoms with Crippen molar-refractivity contribution in [3.8, 4) is 0 Å². The Kier molecular flexibility index (Phi) is 4.95. The van der Waals surface area contributed by atoms with E-state index in [2.05, 4.69) is 6.58 Å². The predicted molar refractivity (Wildman–Crippen MR) is 89.6 cm³/mol. The second kappa shape index (κ2) is 6.72. The van der Waals surface area contributed by atoms with E-state index in [1.54, 1.807) is 13.8 Å². The summed E-state index contributed by atoms with van der Waals surface area (Å²) in [7, 11) is 1.47. The zero-order chi connectivity index (χ0) is 18.2. The lowest BCUT2D eigenvalue weighted by Crippen LogP contribution is -2.62. The van der Waals surface area contributed by atoms with Crippen LogP contribution in [0.15, 0.2) is 12.2 Å². The van der Waals surface area contributed by atoms with Gasteiger partial charge in [-0.1, -0.05) is 6.58 Å². The first kappa shape index (κ1) is 18.4. The Morgan fingerprint density at radius 3 is 2.32 bits per heavy atom. The summed E-state index contributed by atoms with van der Waals surface area (Å²) in [4.78, 5) is 24.2. The summed E-state index contributed by atoms with van der Waals surface area (Å²) in [5, 5.41) is 0. The van der Waals surface area contributed by atoms with E-state index in [1.807, 2.05) is 0 Å². The van der Waals surface area contributed by atoms with Crippen LogP contribution in [-0.4, -0.2) is 43.1 Å². The van der Waals surface area contributed by atoms with Crippen molar-refractivity contribution < 1.29 is 28.5 Å². The van der Waals surface area contributed by atoms with Gasteiger partial charge in [-0.15, -0.1) is 0 Å². The van der Waals surface area contributed by atoms with Gasteiger partial charge in [0.15, 0.2) is 12.9 Å². The molecule has 0 amide bonds. The van der Waals surface area contributed by atoms with Gasteiger partial charge in [-0.05, 0) is 57.8 Å². The lowest BCUT2D eigenvalue weighted by molar-refractivity contribution is -0.245. The van der Waals surface area contributed by atoms with Crippen LogP contribution in [0.5, 0.6) is 0 Å². The fraction of sp³-hybridized carbons (Fsp3) is 0.789. The molecule has 0 spiro atoms. The third-order valence-corrected chi connectivity index (χ3v) is 5.69. The number of methoxy groups -OCH3 is 1. The van der Waals surface area contributed by atoms with Gasteiger partial charge in [-0.2, -0.15) is 0 Å². The zero-order valence-corrected chi connectivity index (χ0v) is 15.3. The first-order valence-corrected chi connectivity index (χ1v) is 8.99. The van der Waals surface area contributed by atoms with Gasteiger partial charge in [0, 0.05) is 19.1 Å². The number of esters is 2. The maximum atomic E-state index is 12.1. The van der Waals surface area contributed by atoms with Gasteiger partial charge in [0.1, 0.15) is 5.60 Å². The monoisotopic (exact) mass is 352 g/mol. The Morgan fingerprint density at radius 2 is 1.76 bits per heavy atom. The minimum atomic E-state index is -0.666. The third kappa shape index (κ3) is 3.75. The van der Waals surface area contributed by atoms with Crippen molar-refractivity contribution in [2.24, 2.45) is 11.8 Å². The second-order valence-electron chi connectivity index (χ2n) is 8.13. The number of hydrogen-bond donors (Lipinski definition) is 0. The van der Waals surface area contributed by atoms with E-state index in [1.165, 1.54) is 7.11 Å². The molecule has 0 heterocycles. The highest BCUT2D eigenvalue weighted by atomic mass is 16.7. The van der Waals surface area contributed by atoms with Crippen LogP contribution < -0.4 is 0 Å². The van der Waals surface area contributed by atoms with Crippen LogP contribution in [0.25, 0.3) is 0 Å². The van der Waals surface area contributed by atoms with E-state index in [0.29, 0.717) is 23.8 Å². The quantitative estimate of drug-likeness (QED) is 0.399. The highest BCUT2D eigenvalue weighted by molar-refractivity contribution is 5.87. The molecule has 3 atom stereocenters. The lowest BCUT2D eigenvalue weighted by atomic mass is 9.52. The smallest absolute Gasteiger partial charge is 0.337 e. The van der Waals surface area contributed by atoms with Crippen molar-refractivity contribution >= 4 is 11.9 Å². The first-order valence-electron chi connectivity index (χ1n) is 8.99. The molecule has 0 aromatic carbocycles. The molecule has 0 N–H and O–H groups in total. The maximum Gasteiger partial charge on any atom is 0.337 e. The maximum absolute atomic E-state index is 12.1. The average molecular weight is 352 g/mol. The predicted octanol–water partition coefficient (Wildman–Crippen LogP) is 2.75. The molecular formula is C19H28O6. The molecule has 0 aromatic rings. The molecule has 3 unspecified atom stereocenters. The van der Waals surface area contributed by atoms with Crippen LogP contribution in [0.3, 0.4) is 0 Å². The molecule has 4 aliphatic rings. The Hall–Kier alpha value is -1.40. The van der Waals surface area contributed by atoms with Gasteiger partial charge in [0.05, 0.1) is 5.60 Å². The van der Waals surface area contributed by atoms with Gasteiger partial charge in [0.25, 0.3) is 0 Å². The van der Waals surface area contributed by atoms with Gasteiger partial charge in [-0.25, -0.2) is 9.59 Å². The lowest BCUT2D eigenvalue weighted by Gasteiger charge is -2.61. The summed E-state index contributed by atoms with van der Waals surface area (Å²) in [5.41, 5.74) is -0.469. The first-order chi connectivity index (χ1) is 11.8. The molecular weight excluding hydrogens is 324 g/mol. The molecule has 25 heavy (non-hydrogen) atoms. The number of rotatable bonds is 7. The number of carbonyl (C=O) groups is 2. The van der Waals surface area contributed by atoms with Crippen molar-refractivity contribution in [1.82, 2.24) is 0 Å². The standard InChI is InChI=1S/C19H28O6/c1-12(2)16(20)25-19-8-14-5-15(9-19)7-18(6-14,10-19)24-13(3)17(21)23-11-22-4/h13-15H,1,5-11H2,2-4H3. The summed E-state index contributed by atoms with van der Waals surface area (Å²) in [6, 6.07) is 0. The third-order valence-electron chi connectivity index (χ3n) is 5.69. The van der Waals surface area contributed by atoms with Gasteiger partial charge >= 0.3 is 11.9 Å². The van der Waals surface area contributed by atoms with Gasteiger partial charge < -0.3 is 18.9 Å². The van der Waals surface area contributed by atoms with E-state index in [9.17, 15) is 9.59 Å². The molecule has 4 aliphatic carbocycles. The molecule has 0 radical (unpaired) electrons. The Balaban J connectivity index is 1.72.